The number of aromatic nitrogens is 4. The number of benzene rings is 1. The Hall–Kier alpha value is -1.89. The number of tetrazole rings is 1. The molecule has 0 spiro atoms. The van der Waals surface area contributed by atoms with Crippen molar-refractivity contribution in [2.45, 2.75) is 36.3 Å². The number of hydrogen-bond acceptors (Lipinski definition) is 5. The third kappa shape index (κ3) is 2.61. The van der Waals surface area contributed by atoms with Gasteiger partial charge in [-0.2, -0.15) is 0 Å². The van der Waals surface area contributed by atoms with Crippen LogP contribution in [0.15, 0.2) is 30.3 Å². The lowest BCUT2D eigenvalue weighted by Crippen LogP contribution is -2.28. The first kappa shape index (κ1) is 13.8. The van der Waals surface area contributed by atoms with Gasteiger partial charge in [0.05, 0.1) is 17.0 Å². The van der Waals surface area contributed by atoms with Crippen LogP contribution in [0.3, 0.4) is 0 Å². The smallest absolute Gasteiger partial charge is 0.240 e. The summed E-state index contributed by atoms with van der Waals surface area (Å²) in [5, 5.41) is 11.9. The summed E-state index contributed by atoms with van der Waals surface area (Å²) in [6.45, 7) is 0.786. The lowest BCUT2D eigenvalue weighted by molar-refractivity contribution is -0.116. The molecule has 0 radical (unpaired) electrons. The third-order valence-electron chi connectivity index (χ3n) is 4.09. The van der Waals surface area contributed by atoms with Crippen molar-refractivity contribution in [3.8, 4) is 0 Å². The fourth-order valence-corrected chi connectivity index (χ4v) is 3.84. The monoisotopic (exact) mass is 315 g/mol. The van der Waals surface area contributed by atoms with Crippen LogP contribution in [0.5, 0.6) is 0 Å². The molecule has 2 heterocycles. The normalized spacial score (nSPS) is 21.5. The molecule has 1 aromatic carbocycles. The van der Waals surface area contributed by atoms with E-state index in [1.54, 1.807) is 11.8 Å². The average Bonchev–Trinajstić information content (AvgIpc) is 3.18. The van der Waals surface area contributed by atoms with Crippen molar-refractivity contribution in [2.24, 2.45) is 0 Å². The molecule has 2 aliphatic rings. The van der Waals surface area contributed by atoms with Gasteiger partial charge in [0.1, 0.15) is 0 Å². The van der Waals surface area contributed by atoms with E-state index in [1.165, 1.54) is 0 Å². The second kappa shape index (κ2) is 5.72. The van der Waals surface area contributed by atoms with Gasteiger partial charge in [-0.3, -0.25) is 4.79 Å². The summed E-state index contributed by atoms with van der Waals surface area (Å²) in [4.78, 5) is 14.4. The molecule has 114 valence electrons. The van der Waals surface area contributed by atoms with Gasteiger partial charge >= 0.3 is 0 Å². The van der Waals surface area contributed by atoms with Crippen LogP contribution in [0.2, 0.25) is 0 Å². The van der Waals surface area contributed by atoms with Crippen LogP contribution in [-0.2, 0) is 10.5 Å². The Labute approximate surface area is 132 Å². The summed E-state index contributed by atoms with van der Waals surface area (Å²) in [5.41, 5.74) is 0.985. The standard InChI is InChI=1S/C15H17N5OS/c21-15-13(8-9-19(15)11-4-2-1-3-5-11)22-10-14-16-17-18-20(14)12-6-7-12/h1-5,12-13H,6-10H2/t13-/m0/s1. The van der Waals surface area contributed by atoms with Gasteiger partial charge in [0.25, 0.3) is 0 Å². The molecule has 22 heavy (non-hydrogen) atoms. The lowest BCUT2D eigenvalue weighted by Gasteiger charge is -2.16. The highest BCUT2D eigenvalue weighted by Gasteiger charge is 2.34. The van der Waals surface area contributed by atoms with Gasteiger partial charge in [-0.25, -0.2) is 4.68 Å². The van der Waals surface area contributed by atoms with E-state index in [9.17, 15) is 4.79 Å². The second-order valence-electron chi connectivity index (χ2n) is 5.68. The minimum atomic E-state index is 0.00422. The number of carbonyl (C=O) groups excluding carboxylic acids is 1. The molecule has 1 saturated carbocycles. The van der Waals surface area contributed by atoms with Crippen LogP contribution in [0.4, 0.5) is 5.69 Å². The van der Waals surface area contributed by atoms with Crippen LogP contribution in [0.1, 0.15) is 31.1 Å². The Balaban J connectivity index is 1.40. The molecule has 1 amide bonds. The molecule has 2 aromatic rings. The van der Waals surface area contributed by atoms with E-state index in [-0.39, 0.29) is 11.2 Å². The molecule has 1 aliphatic carbocycles. The van der Waals surface area contributed by atoms with E-state index in [4.69, 9.17) is 0 Å². The molecular weight excluding hydrogens is 298 g/mol. The van der Waals surface area contributed by atoms with E-state index < -0.39 is 0 Å². The van der Waals surface area contributed by atoms with E-state index in [1.807, 2.05) is 39.9 Å². The molecule has 0 bridgehead atoms. The first-order valence-corrected chi connectivity index (χ1v) is 8.62. The highest BCUT2D eigenvalue weighted by atomic mass is 32.2. The summed E-state index contributed by atoms with van der Waals surface area (Å²) in [6.07, 6.45) is 3.20. The van der Waals surface area contributed by atoms with Crippen molar-refractivity contribution in [3.05, 3.63) is 36.2 Å². The van der Waals surface area contributed by atoms with Gasteiger partial charge in [-0.1, -0.05) is 18.2 Å². The van der Waals surface area contributed by atoms with Crippen molar-refractivity contribution < 1.29 is 4.79 Å². The summed E-state index contributed by atoms with van der Waals surface area (Å²) in [7, 11) is 0. The number of anilines is 1. The maximum Gasteiger partial charge on any atom is 0.240 e. The van der Waals surface area contributed by atoms with Crippen molar-refractivity contribution >= 4 is 23.4 Å². The number of amides is 1. The van der Waals surface area contributed by atoms with E-state index in [2.05, 4.69) is 15.5 Å². The molecule has 0 N–H and O–H groups in total. The minimum Gasteiger partial charge on any atom is -0.311 e. The molecule has 7 heteroatoms. The molecular formula is C15H17N5OS. The number of para-hydroxylation sites is 1. The summed E-state index contributed by atoms with van der Waals surface area (Å²) in [6, 6.07) is 10.3. The topological polar surface area (TPSA) is 63.9 Å². The maximum atomic E-state index is 12.5. The van der Waals surface area contributed by atoms with Gasteiger partial charge in [0, 0.05) is 12.2 Å². The van der Waals surface area contributed by atoms with Crippen molar-refractivity contribution in [1.29, 1.82) is 0 Å². The fourth-order valence-electron chi connectivity index (χ4n) is 2.76. The molecule has 6 nitrogen and oxygen atoms in total. The lowest BCUT2D eigenvalue weighted by atomic mass is 10.3. The average molecular weight is 315 g/mol. The van der Waals surface area contributed by atoms with Crippen molar-refractivity contribution in [3.63, 3.8) is 0 Å². The maximum absolute atomic E-state index is 12.5. The van der Waals surface area contributed by atoms with Crippen LogP contribution >= 0.6 is 11.8 Å². The number of nitrogens with zero attached hydrogens (tertiary/aromatic N) is 5. The fraction of sp³-hybridized carbons (Fsp3) is 0.467. The summed E-state index contributed by atoms with van der Waals surface area (Å²) in [5.74, 6) is 1.78. The van der Waals surface area contributed by atoms with Gasteiger partial charge in [-0.15, -0.1) is 16.9 Å². The Morgan fingerprint density at radius 1 is 1.18 bits per heavy atom. The Bertz CT molecular complexity index is 670. The predicted octanol–water partition coefficient (Wildman–Crippen LogP) is 2.05. The third-order valence-corrected chi connectivity index (χ3v) is 5.36. The number of hydrogen-bond donors (Lipinski definition) is 0. The second-order valence-corrected chi connectivity index (χ2v) is 6.88. The number of thioether (sulfide) groups is 1. The van der Waals surface area contributed by atoms with Gasteiger partial charge in [-0.05, 0) is 41.8 Å². The van der Waals surface area contributed by atoms with Gasteiger partial charge in [0.2, 0.25) is 5.91 Å². The van der Waals surface area contributed by atoms with E-state index in [0.717, 1.165) is 37.3 Å². The Kier molecular flexibility index (Phi) is 3.57. The molecule has 1 atom stereocenters. The van der Waals surface area contributed by atoms with Gasteiger partial charge in [0.15, 0.2) is 5.82 Å². The molecule has 1 aromatic heterocycles. The SMILES string of the molecule is O=C1[C@@H](SCc2nnnn2C2CC2)CCN1c1ccccc1. The molecule has 0 unspecified atom stereocenters. The zero-order chi connectivity index (χ0) is 14.9. The van der Waals surface area contributed by atoms with E-state index >= 15 is 0 Å². The predicted molar refractivity (Wildman–Crippen MR) is 84.6 cm³/mol. The van der Waals surface area contributed by atoms with Crippen LogP contribution in [-0.4, -0.2) is 37.9 Å². The van der Waals surface area contributed by atoms with Gasteiger partial charge < -0.3 is 4.90 Å². The zero-order valence-corrected chi connectivity index (χ0v) is 12.9. The Morgan fingerprint density at radius 2 is 2.00 bits per heavy atom. The van der Waals surface area contributed by atoms with Crippen LogP contribution in [0, 0.1) is 0 Å². The highest BCUT2D eigenvalue weighted by molar-refractivity contribution is 7.99. The Morgan fingerprint density at radius 3 is 2.77 bits per heavy atom. The molecule has 1 saturated heterocycles. The molecule has 4 rings (SSSR count). The summed E-state index contributed by atoms with van der Waals surface area (Å²) < 4.78 is 1.92. The first-order valence-electron chi connectivity index (χ1n) is 7.58. The molecule has 2 fully saturated rings. The quantitative estimate of drug-likeness (QED) is 0.845. The number of rotatable bonds is 5. The minimum absolute atomic E-state index is 0.00422. The molecule has 1 aliphatic heterocycles. The first-order chi connectivity index (χ1) is 10.8. The van der Waals surface area contributed by atoms with Crippen molar-refractivity contribution in [2.75, 3.05) is 11.4 Å². The highest BCUT2D eigenvalue weighted by Crippen LogP contribution is 2.36. The van der Waals surface area contributed by atoms with Crippen LogP contribution < -0.4 is 4.90 Å². The number of carbonyl (C=O) groups is 1. The zero-order valence-electron chi connectivity index (χ0n) is 12.1. The van der Waals surface area contributed by atoms with Crippen LogP contribution in [0.25, 0.3) is 0 Å². The largest absolute Gasteiger partial charge is 0.311 e. The summed E-state index contributed by atoms with van der Waals surface area (Å²) >= 11 is 1.65. The van der Waals surface area contributed by atoms with Crippen molar-refractivity contribution in [1.82, 2.24) is 20.2 Å². The van der Waals surface area contributed by atoms with E-state index in [0.29, 0.717) is 11.8 Å².